The molecule has 0 amide bonds. The van der Waals surface area contributed by atoms with Gasteiger partial charge in [0.15, 0.2) is 11.6 Å². The summed E-state index contributed by atoms with van der Waals surface area (Å²) < 4.78 is 31.3. The molecule has 0 spiro atoms. The van der Waals surface area contributed by atoms with Crippen molar-refractivity contribution in [3.63, 3.8) is 0 Å². The summed E-state index contributed by atoms with van der Waals surface area (Å²) >= 11 is 0. The van der Waals surface area contributed by atoms with Gasteiger partial charge in [-0.1, -0.05) is 0 Å². The van der Waals surface area contributed by atoms with Crippen molar-refractivity contribution in [2.75, 3.05) is 6.61 Å². The Kier molecular flexibility index (Phi) is 4.40. The lowest BCUT2D eigenvalue weighted by Gasteiger charge is -2.06. The Bertz CT molecular complexity index is 469. The summed E-state index contributed by atoms with van der Waals surface area (Å²) in [7, 11) is 0. The van der Waals surface area contributed by atoms with Crippen LogP contribution >= 0.6 is 0 Å². The second kappa shape index (κ2) is 5.80. The normalized spacial score (nSPS) is 9.71. The van der Waals surface area contributed by atoms with E-state index in [1.54, 1.807) is 0 Å². The predicted octanol–water partition coefficient (Wildman–Crippen LogP) is 2.67. The van der Waals surface area contributed by atoms with Gasteiger partial charge in [-0.3, -0.25) is 10.1 Å². The molecule has 0 saturated heterocycles. The Morgan fingerprint density at radius 2 is 2.12 bits per heavy atom. The van der Waals surface area contributed by atoms with Crippen LogP contribution in [0.3, 0.4) is 0 Å². The number of nitro groups is 1. The second-order valence-corrected chi connectivity index (χ2v) is 3.15. The highest BCUT2D eigenvalue weighted by Gasteiger charge is 2.19. The SMILES string of the molecule is C#CCCCOc1cc(F)c([N+](=O)[O-])cc1F. The predicted molar refractivity (Wildman–Crippen MR) is 56.6 cm³/mol. The Morgan fingerprint density at radius 1 is 1.41 bits per heavy atom. The molecule has 90 valence electrons. The maximum absolute atomic E-state index is 13.3. The smallest absolute Gasteiger partial charge is 0.307 e. The van der Waals surface area contributed by atoms with Crippen molar-refractivity contribution in [3.8, 4) is 18.1 Å². The molecule has 6 heteroatoms. The van der Waals surface area contributed by atoms with Crippen LogP contribution < -0.4 is 4.74 Å². The number of terminal acetylenes is 1. The molecule has 4 nitrogen and oxygen atoms in total. The van der Waals surface area contributed by atoms with E-state index in [0.717, 1.165) is 0 Å². The number of halogens is 2. The van der Waals surface area contributed by atoms with Gasteiger partial charge < -0.3 is 4.74 Å². The minimum Gasteiger partial charge on any atom is -0.490 e. The molecule has 0 bridgehead atoms. The molecule has 0 aliphatic heterocycles. The monoisotopic (exact) mass is 241 g/mol. The molecular formula is C11H9F2NO3. The average molecular weight is 241 g/mol. The molecule has 0 heterocycles. The zero-order valence-corrected chi connectivity index (χ0v) is 8.78. The van der Waals surface area contributed by atoms with Crippen LogP contribution in [0.25, 0.3) is 0 Å². The maximum Gasteiger partial charge on any atom is 0.307 e. The van der Waals surface area contributed by atoms with Gasteiger partial charge in [0.1, 0.15) is 0 Å². The molecular weight excluding hydrogens is 232 g/mol. The van der Waals surface area contributed by atoms with Gasteiger partial charge in [0.25, 0.3) is 0 Å². The van der Waals surface area contributed by atoms with Crippen molar-refractivity contribution < 1.29 is 18.4 Å². The quantitative estimate of drug-likeness (QED) is 0.344. The number of rotatable bonds is 5. The van der Waals surface area contributed by atoms with Crippen LogP contribution in [0.5, 0.6) is 5.75 Å². The van der Waals surface area contributed by atoms with Crippen molar-refractivity contribution in [2.45, 2.75) is 12.8 Å². The highest BCUT2D eigenvalue weighted by Crippen LogP contribution is 2.26. The molecule has 0 aliphatic rings. The van der Waals surface area contributed by atoms with E-state index in [9.17, 15) is 18.9 Å². The van der Waals surface area contributed by atoms with Gasteiger partial charge in [0.05, 0.1) is 17.6 Å². The largest absolute Gasteiger partial charge is 0.490 e. The summed E-state index contributed by atoms with van der Waals surface area (Å²) in [4.78, 5) is 9.32. The molecule has 0 aliphatic carbocycles. The molecule has 0 fully saturated rings. The third kappa shape index (κ3) is 3.41. The summed E-state index contributed by atoms with van der Waals surface area (Å²) in [6.07, 6.45) is 5.95. The molecule has 1 rings (SSSR count). The first-order valence-corrected chi connectivity index (χ1v) is 4.76. The second-order valence-electron chi connectivity index (χ2n) is 3.15. The van der Waals surface area contributed by atoms with E-state index in [4.69, 9.17) is 11.2 Å². The van der Waals surface area contributed by atoms with Crippen molar-refractivity contribution in [1.29, 1.82) is 0 Å². The minimum atomic E-state index is -1.14. The van der Waals surface area contributed by atoms with Crippen LogP contribution in [-0.4, -0.2) is 11.5 Å². The molecule has 17 heavy (non-hydrogen) atoms. The zero-order chi connectivity index (χ0) is 12.8. The Hall–Kier alpha value is -2.16. The van der Waals surface area contributed by atoms with Crippen LogP contribution in [0.2, 0.25) is 0 Å². The highest BCUT2D eigenvalue weighted by molar-refractivity contribution is 5.39. The van der Waals surface area contributed by atoms with E-state index in [1.807, 2.05) is 0 Å². The van der Waals surface area contributed by atoms with Crippen LogP contribution in [0, 0.1) is 34.1 Å². The van der Waals surface area contributed by atoms with Gasteiger partial charge in [-0.05, 0) is 6.42 Å². The standard InChI is InChI=1S/C11H9F2NO3/c1-2-3-4-5-17-11-7-8(12)10(14(15)16)6-9(11)13/h1,6-7H,3-5H2. The first-order valence-electron chi connectivity index (χ1n) is 4.76. The molecule has 0 radical (unpaired) electrons. The number of ether oxygens (including phenoxy) is 1. The molecule has 1 aromatic rings. The summed E-state index contributed by atoms with van der Waals surface area (Å²) in [5.74, 6) is -0.0986. The van der Waals surface area contributed by atoms with E-state index < -0.39 is 22.2 Å². The first kappa shape index (κ1) is 12.9. The molecule has 1 aromatic carbocycles. The topological polar surface area (TPSA) is 52.4 Å². The van der Waals surface area contributed by atoms with E-state index in [0.29, 0.717) is 25.0 Å². The number of hydrogen-bond donors (Lipinski definition) is 0. The van der Waals surface area contributed by atoms with Crippen LogP contribution in [-0.2, 0) is 0 Å². The third-order valence-corrected chi connectivity index (χ3v) is 1.92. The summed E-state index contributed by atoms with van der Waals surface area (Å²) in [6, 6.07) is 1.15. The fourth-order valence-corrected chi connectivity index (χ4v) is 1.12. The van der Waals surface area contributed by atoms with Crippen molar-refractivity contribution >= 4 is 5.69 Å². The summed E-state index contributed by atoms with van der Waals surface area (Å²) in [5.41, 5.74) is -0.918. The molecule has 0 N–H and O–H groups in total. The van der Waals surface area contributed by atoms with Crippen molar-refractivity contribution in [3.05, 3.63) is 33.9 Å². The molecule has 0 unspecified atom stereocenters. The maximum atomic E-state index is 13.3. The lowest BCUT2D eigenvalue weighted by molar-refractivity contribution is -0.387. The number of unbranched alkanes of at least 4 members (excludes halogenated alkanes) is 1. The van der Waals surface area contributed by atoms with E-state index in [2.05, 4.69) is 5.92 Å². The van der Waals surface area contributed by atoms with Gasteiger partial charge in [-0.25, -0.2) is 4.39 Å². The van der Waals surface area contributed by atoms with Gasteiger partial charge in [0, 0.05) is 12.5 Å². The van der Waals surface area contributed by atoms with Crippen LogP contribution in [0.4, 0.5) is 14.5 Å². The van der Waals surface area contributed by atoms with Crippen LogP contribution in [0.15, 0.2) is 12.1 Å². The summed E-state index contributed by atoms with van der Waals surface area (Å²) in [5, 5.41) is 10.3. The minimum absolute atomic E-state index is 0.123. The average Bonchev–Trinajstić information content (AvgIpc) is 2.28. The van der Waals surface area contributed by atoms with Crippen molar-refractivity contribution in [1.82, 2.24) is 0 Å². The summed E-state index contributed by atoms with van der Waals surface area (Å²) in [6.45, 7) is 0.123. The lowest BCUT2D eigenvalue weighted by Crippen LogP contribution is -2.01. The number of nitrogens with zero attached hydrogens (tertiary/aromatic N) is 1. The van der Waals surface area contributed by atoms with E-state index in [1.165, 1.54) is 0 Å². The van der Waals surface area contributed by atoms with E-state index in [-0.39, 0.29) is 12.4 Å². The molecule has 0 saturated carbocycles. The molecule has 0 aromatic heterocycles. The van der Waals surface area contributed by atoms with Crippen molar-refractivity contribution in [2.24, 2.45) is 0 Å². The number of benzene rings is 1. The number of hydrogen-bond acceptors (Lipinski definition) is 3. The van der Waals surface area contributed by atoms with Gasteiger partial charge in [-0.2, -0.15) is 4.39 Å². The molecule has 0 atom stereocenters. The third-order valence-electron chi connectivity index (χ3n) is 1.92. The Balaban J connectivity index is 2.78. The van der Waals surface area contributed by atoms with Gasteiger partial charge in [0.2, 0.25) is 5.82 Å². The van der Waals surface area contributed by atoms with Gasteiger partial charge in [-0.15, -0.1) is 12.3 Å². The fraction of sp³-hybridized carbons (Fsp3) is 0.273. The first-order chi connectivity index (χ1) is 8.06. The highest BCUT2D eigenvalue weighted by atomic mass is 19.1. The van der Waals surface area contributed by atoms with Gasteiger partial charge >= 0.3 is 5.69 Å². The Morgan fingerprint density at radius 3 is 2.71 bits per heavy atom. The van der Waals surface area contributed by atoms with Crippen LogP contribution in [0.1, 0.15) is 12.8 Å². The number of nitro benzene ring substituents is 1. The zero-order valence-electron chi connectivity index (χ0n) is 8.78. The Labute approximate surface area is 96.4 Å². The van der Waals surface area contributed by atoms with E-state index >= 15 is 0 Å². The fourth-order valence-electron chi connectivity index (χ4n) is 1.12. The lowest BCUT2D eigenvalue weighted by atomic mass is 10.2.